The number of hydrogen-bond donors (Lipinski definition) is 3. The van der Waals surface area contributed by atoms with Crippen LogP contribution < -0.4 is 16.0 Å². The summed E-state index contributed by atoms with van der Waals surface area (Å²) in [6.07, 6.45) is 1.55. The van der Waals surface area contributed by atoms with Gasteiger partial charge in [-0.2, -0.15) is 0 Å². The summed E-state index contributed by atoms with van der Waals surface area (Å²) in [7, 11) is 0. The first-order valence-corrected chi connectivity index (χ1v) is 9.92. The molecule has 1 amide bonds. The second-order valence-corrected chi connectivity index (χ2v) is 6.57. The maximum atomic E-state index is 12.2. The Balaban J connectivity index is 0.00000392. The van der Waals surface area contributed by atoms with Crippen molar-refractivity contribution in [2.45, 2.75) is 33.2 Å². The maximum Gasteiger partial charge on any atom is 0.225 e. The van der Waals surface area contributed by atoms with Crippen molar-refractivity contribution in [3.63, 3.8) is 0 Å². The van der Waals surface area contributed by atoms with Crippen LogP contribution in [0.25, 0.3) is 0 Å². The van der Waals surface area contributed by atoms with Crippen molar-refractivity contribution < 1.29 is 9.53 Å². The van der Waals surface area contributed by atoms with Crippen molar-refractivity contribution in [3.8, 4) is 0 Å². The summed E-state index contributed by atoms with van der Waals surface area (Å²) in [6.45, 7) is 10.6. The van der Waals surface area contributed by atoms with E-state index in [4.69, 9.17) is 4.74 Å². The van der Waals surface area contributed by atoms with E-state index < -0.39 is 0 Å². The predicted octanol–water partition coefficient (Wildman–Crippen LogP) is 2.43. The predicted molar refractivity (Wildman–Crippen MR) is 125 cm³/mol. The number of morpholine rings is 1. The zero-order valence-corrected chi connectivity index (χ0v) is 19.3. The third-order valence-corrected chi connectivity index (χ3v) is 4.28. The summed E-state index contributed by atoms with van der Waals surface area (Å²) in [5.41, 5.74) is 1.89. The number of nitrogens with one attached hydrogen (secondary N) is 3. The van der Waals surface area contributed by atoms with Gasteiger partial charge in [0.05, 0.1) is 19.8 Å². The first-order valence-electron chi connectivity index (χ1n) is 9.92. The number of rotatable bonds is 9. The van der Waals surface area contributed by atoms with Crippen LogP contribution in [0.2, 0.25) is 0 Å². The smallest absolute Gasteiger partial charge is 0.225 e. The Kier molecular flexibility index (Phi) is 12.8. The normalized spacial score (nSPS) is 14.9. The molecule has 28 heavy (non-hydrogen) atoms. The van der Waals surface area contributed by atoms with Gasteiger partial charge in [-0.3, -0.25) is 9.69 Å². The molecule has 0 aliphatic carbocycles. The Morgan fingerprint density at radius 1 is 1.21 bits per heavy atom. The lowest BCUT2D eigenvalue weighted by Gasteiger charge is -2.26. The fourth-order valence-electron chi connectivity index (χ4n) is 2.81. The van der Waals surface area contributed by atoms with E-state index in [1.165, 1.54) is 0 Å². The number of nitrogens with zero attached hydrogens (tertiary/aromatic N) is 2. The van der Waals surface area contributed by atoms with Crippen LogP contribution in [0.5, 0.6) is 0 Å². The van der Waals surface area contributed by atoms with E-state index in [2.05, 4.69) is 39.7 Å². The third kappa shape index (κ3) is 9.70. The number of anilines is 1. The molecule has 0 saturated carbocycles. The average molecular weight is 503 g/mol. The monoisotopic (exact) mass is 503 g/mol. The van der Waals surface area contributed by atoms with Crippen LogP contribution in [0.4, 0.5) is 5.69 Å². The molecule has 1 saturated heterocycles. The summed E-state index contributed by atoms with van der Waals surface area (Å²) < 4.78 is 5.33. The molecule has 0 bridgehead atoms. The molecule has 8 heteroatoms. The minimum atomic E-state index is 0. The van der Waals surface area contributed by atoms with Gasteiger partial charge in [-0.1, -0.05) is 19.1 Å². The van der Waals surface area contributed by atoms with Crippen molar-refractivity contribution in [2.24, 2.45) is 4.99 Å². The third-order valence-electron chi connectivity index (χ3n) is 4.28. The number of hydrogen-bond acceptors (Lipinski definition) is 4. The minimum absolute atomic E-state index is 0. The Morgan fingerprint density at radius 3 is 2.71 bits per heavy atom. The van der Waals surface area contributed by atoms with Crippen LogP contribution in [0.3, 0.4) is 0 Å². The maximum absolute atomic E-state index is 12.2. The van der Waals surface area contributed by atoms with Crippen LogP contribution >= 0.6 is 24.0 Å². The average Bonchev–Trinajstić information content (AvgIpc) is 2.69. The molecule has 0 radical (unpaired) electrons. The number of carbonyl (C=O) groups is 1. The quantitative estimate of drug-likeness (QED) is 0.274. The summed E-state index contributed by atoms with van der Waals surface area (Å²) >= 11 is 0. The highest BCUT2D eigenvalue weighted by atomic mass is 127. The van der Waals surface area contributed by atoms with Gasteiger partial charge in [0.25, 0.3) is 0 Å². The molecule has 0 spiro atoms. The molecule has 0 aromatic heterocycles. The van der Waals surface area contributed by atoms with Crippen LogP contribution in [-0.4, -0.2) is 62.7 Å². The van der Waals surface area contributed by atoms with Gasteiger partial charge >= 0.3 is 0 Å². The number of ether oxygens (including phenoxy) is 1. The summed E-state index contributed by atoms with van der Waals surface area (Å²) in [5.74, 6) is 0.861. The molecular formula is C20H34IN5O2. The first-order chi connectivity index (χ1) is 13.2. The van der Waals surface area contributed by atoms with E-state index in [-0.39, 0.29) is 29.9 Å². The summed E-state index contributed by atoms with van der Waals surface area (Å²) in [4.78, 5) is 19.1. The Bertz CT molecular complexity index is 606. The zero-order valence-electron chi connectivity index (χ0n) is 17.0. The number of halogens is 1. The molecule has 1 aliphatic heterocycles. The molecule has 158 valence electrons. The fourth-order valence-corrected chi connectivity index (χ4v) is 2.81. The molecule has 1 aromatic carbocycles. The Hall–Kier alpha value is -1.39. The van der Waals surface area contributed by atoms with Gasteiger partial charge in [-0.05, 0) is 31.0 Å². The molecule has 0 atom stereocenters. The number of aliphatic imine (C=N–C) groups is 1. The van der Waals surface area contributed by atoms with Gasteiger partial charge < -0.3 is 20.7 Å². The highest BCUT2D eigenvalue weighted by Gasteiger charge is 2.12. The van der Waals surface area contributed by atoms with Crippen LogP contribution in [0.15, 0.2) is 29.3 Å². The van der Waals surface area contributed by atoms with E-state index in [9.17, 15) is 4.79 Å². The lowest BCUT2D eigenvalue weighted by molar-refractivity contribution is -0.116. The zero-order chi connectivity index (χ0) is 19.3. The van der Waals surface area contributed by atoms with Gasteiger partial charge in [0.2, 0.25) is 5.91 Å². The largest absolute Gasteiger partial charge is 0.379 e. The minimum Gasteiger partial charge on any atom is -0.379 e. The van der Waals surface area contributed by atoms with Gasteiger partial charge in [-0.15, -0.1) is 24.0 Å². The lowest BCUT2D eigenvalue weighted by atomic mass is 10.2. The Morgan fingerprint density at radius 2 is 2.00 bits per heavy atom. The van der Waals surface area contributed by atoms with Gasteiger partial charge in [0, 0.05) is 44.8 Å². The highest BCUT2D eigenvalue weighted by molar-refractivity contribution is 14.0. The summed E-state index contributed by atoms with van der Waals surface area (Å²) in [5, 5.41) is 9.52. The van der Waals surface area contributed by atoms with Crippen molar-refractivity contribution >= 4 is 41.5 Å². The summed E-state index contributed by atoms with van der Waals surface area (Å²) in [6, 6.07) is 7.88. The second kappa shape index (κ2) is 14.6. The van der Waals surface area contributed by atoms with E-state index in [0.717, 1.165) is 69.6 Å². The van der Waals surface area contributed by atoms with Gasteiger partial charge in [0.1, 0.15) is 0 Å². The first kappa shape index (κ1) is 24.6. The van der Waals surface area contributed by atoms with E-state index in [0.29, 0.717) is 13.0 Å². The number of guanidine groups is 1. The van der Waals surface area contributed by atoms with Crippen molar-refractivity contribution in [3.05, 3.63) is 29.8 Å². The van der Waals surface area contributed by atoms with Crippen molar-refractivity contribution in [1.29, 1.82) is 0 Å². The number of benzene rings is 1. The molecule has 1 aliphatic rings. The molecule has 0 unspecified atom stereocenters. The van der Waals surface area contributed by atoms with E-state index >= 15 is 0 Å². The van der Waals surface area contributed by atoms with Gasteiger partial charge in [0.15, 0.2) is 5.96 Å². The molecule has 1 fully saturated rings. The SMILES string of the molecule is CCCNC(=NCc1cccc(NC(=O)CCN2CCOCC2)c1)NCC.I. The topological polar surface area (TPSA) is 78.0 Å². The molecule has 1 heterocycles. The molecular weight excluding hydrogens is 469 g/mol. The molecule has 3 N–H and O–H groups in total. The van der Waals surface area contributed by atoms with E-state index in [1.807, 2.05) is 24.3 Å². The number of amides is 1. The fraction of sp³-hybridized carbons (Fsp3) is 0.600. The van der Waals surface area contributed by atoms with Crippen molar-refractivity contribution in [1.82, 2.24) is 15.5 Å². The van der Waals surface area contributed by atoms with Gasteiger partial charge in [-0.25, -0.2) is 4.99 Å². The molecule has 2 rings (SSSR count). The lowest BCUT2D eigenvalue weighted by Crippen LogP contribution is -2.38. The van der Waals surface area contributed by atoms with E-state index in [1.54, 1.807) is 0 Å². The van der Waals surface area contributed by atoms with Crippen LogP contribution in [0, 0.1) is 0 Å². The Labute approximate surface area is 185 Å². The van der Waals surface area contributed by atoms with Crippen molar-refractivity contribution in [2.75, 3.05) is 51.3 Å². The van der Waals surface area contributed by atoms with Crippen LogP contribution in [-0.2, 0) is 16.1 Å². The second-order valence-electron chi connectivity index (χ2n) is 6.57. The molecule has 7 nitrogen and oxygen atoms in total. The number of carbonyl (C=O) groups excluding carboxylic acids is 1. The highest BCUT2D eigenvalue weighted by Crippen LogP contribution is 2.12. The van der Waals surface area contributed by atoms with Crippen LogP contribution in [0.1, 0.15) is 32.3 Å². The standard InChI is InChI=1S/C20H33N5O2.HI/c1-3-9-22-20(21-4-2)23-16-17-6-5-7-18(15-17)24-19(26)8-10-25-11-13-27-14-12-25;/h5-7,15H,3-4,8-14,16H2,1-2H3,(H,24,26)(H2,21,22,23);1H. The molecule has 1 aromatic rings.